The Labute approximate surface area is 355 Å². The number of benzene rings is 2. The summed E-state index contributed by atoms with van der Waals surface area (Å²) in [6.45, 7) is 11.7. The van der Waals surface area contributed by atoms with E-state index in [0.717, 1.165) is 5.71 Å². The summed E-state index contributed by atoms with van der Waals surface area (Å²) in [5.41, 5.74) is 2.53. The molecule has 2 aliphatic rings. The highest BCUT2D eigenvalue weighted by atomic mass is 32.2. The van der Waals surface area contributed by atoms with Crippen LogP contribution >= 0.6 is 0 Å². The van der Waals surface area contributed by atoms with Crippen molar-refractivity contribution in [3.8, 4) is 0 Å². The highest BCUT2D eigenvalue weighted by Gasteiger charge is 2.45. The van der Waals surface area contributed by atoms with Crippen molar-refractivity contribution in [1.82, 2.24) is 4.31 Å². The quantitative estimate of drug-likeness (QED) is 0.0952. The average molecular weight is 910 g/mol. The Morgan fingerprint density at radius 3 is 2.05 bits per heavy atom. The molecule has 4 rings (SSSR count). The number of ketones is 1. The second kappa shape index (κ2) is 18.7. The number of sulfonamides is 1. The number of carbonyl (C=O) groups excluding carboxylic acids is 1. The maximum absolute atomic E-state index is 13.6. The molecule has 330 valence electrons. The van der Waals surface area contributed by atoms with Crippen molar-refractivity contribution in [2.24, 2.45) is 5.92 Å². The van der Waals surface area contributed by atoms with Gasteiger partial charge in [-0.3, -0.25) is 13.9 Å². The zero-order valence-electron chi connectivity index (χ0n) is 34.9. The Kier molecular flexibility index (Phi) is 15.2. The van der Waals surface area contributed by atoms with E-state index < -0.39 is 62.7 Å². The van der Waals surface area contributed by atoms with E-state index in [2.05, 4.69) is 0 Å². The molecule has 2 heterocycles. The smallest absolute Gasteiger partial charge is 0.294 e. The zero-order chi connectivity index (χ0) is 45.1. The van der Waals surface area contributed by atoms with Crippen molar-refractivity contribution in [3.05, 3.63) is 95.8 Å². The van der Waals surface area contributed by atoms with Crippen LogP contribution in [0.3, 0.4) is 0 Å². The van der Waals surface area contributed by atoms with Crippen LogP contribution in [0.15, 0.2) is 94.4 Å². The van der Waals surface area contributed by atoms with Crippen molar-refractivity contribution in [2.45, 2.75) is 87.8 Å². The van der Waals surface area contributed by atoms with Gasteiger partial charge in [-0.05, 0) is 68.7 Å². The van der Waals surface area contributed by atoms with Crippen molar-refractivity contribution in [1.29, 1.82) is 0 Å². The van der Waals surface area contributed by atoms with Gasteiger partial charge in [0.15, 0.2) is 5.71 Å². The Morgan fingerprint density at radius 2 is 1.43 bits per heavy atom. The molecule has 2 aromatic rings. The van der Waals surface area contributed by atoms with Gasteiger partial charge in [-0.25, -0.2) is 21.1 Å². The molecule has 0 fully saturated rings. The largest absolute Gasteiger partial charge is 0.748 e. The molecule has 2 aliphatic heterocycles. The third-order valence-electron chi connectivity index (χ3n) is 10.8. The number of rotatable bonds is 20. The predicted octanol–water partition coefficient (Wildman–Crippen LogP) is 5.50. The van der Waals surface area contributed by atoms with Gasteiger partial charge < -0.3 is 9.45 Å². The molecule has 15 nitrogen and oxygen atoms in total. The lowest BCUT2D eigenvalue weighted by Gasteiger charge is -2.27. The molecule has 0 amide bonds. The first-order valence-electron chi connectivity index (χ1n) is 19.4. The Morgan fingerprint density at radius 1 is 0.817 bits per heavy atom. The van der Waals surface area contributed by atoms with Gasteiger partial charge in [0, 0.05) is 79.2 Å². The van der Waals surface area contributed by atoms with Gasteiger partial charge in [0.1, 0.15) is 12.3 Å². The van der Waals surface area contributed by atoms with Gasteiger partial charge in [-0.1, -0.05) is 58.1 Å². The summed E-state index contributed by atoms with van der Waals surface area (Å²) in [5, 5.41) is 0. The molecule has 0 radical (unpaired) electrons. The zero-order valence-corrected chi connectivity index (χ0v) is 38.2. The number of hydrogen-bond acceptors (Lipinski definition) is 11. The fourth-order valence-corrected chi connectivity index (χ4v) is 10.2. The molecule has 0 saturated carbocycles. The standard InChI is InChI=1S/C41H55N3O12S4/c1-30(2)37(45)16-13-23-42(7)59(52,53)31-19-21-35-33(28-31)40(3,4)38(43(35)24-14-26-57(46,47)48)17-11-9-8-10-12-18-39-41(5,6)34-29-32(60(54,55)56)20-22-36(34)44(39)25-15-27-58(49,50)51/h8-12,17-22,28-30H,13-16,23-27H2,1-7H3,(H2-,46,47,48,49,50,51,54,55,56). The first kappa shape index (κ1) is 48.8. The average Bonchev–Trinajstić information content (AvgIpc) is 3.47. The third kappa shape index (κ3) is 11.8. The molecular weight excluding hydrogens is 855 g/mol. The molecule has 60 heavy (non-hydrogen) atoms. The van der Waals surface area contributed by atoms with Gasteiger partial charge in [0.2, 0.25) is 15.7 Å². The first-order valence-corrected chi connectivity index (χ1v) is 25.4. The van der Waals surface area contributed by atoms with Crippen LogP contribution in [-0.2, 0) is 56.0 Å². The van der Waals surface area contributed by atoms with Crippen LogP contribution in [0.5, 0.6) is 0 Å². The molecule has 0 bridgehead atoms. The second-order valence-electron chi connectivity index (χ2n) is 16.3. The molecule has 2 aromatic carbocycles. The number of nitrogens with zero attached hydrogens (tertiary/aromatic N) is 3. The summed E-state index contributed by atoms with van der Waals surface area (Å²) in [6.07, 6.45) is 13.2. The van der Waals surface area contributed by atoms with Crippen LogP contribution < -0.4 is 4.90 Å². The van der Waals surface area contributed by atoms with E-state index in [1.807, 2.05) is 43.2 Å². The van der Waals surface area contributed by atoms with E-state index in [0.29, 0.717) is 34.6 Å². The van der Waals surface area contributed by atoms with Crippen molar-refractivity contribution < 1.29 is 56.7 Å². The summed E-state index contributed by atoms with van der Waals surface area (Å²) < 4.78 is 131. The minimum Gasteiger partial charge on any atom is -0.748 e. The van der Waals surface area contributed by atoms with E-state index in [-0.39, 0.29) is 60.4 Å². The normalized spacial score (nSPS) is 17.7. The van der Waals surface area contributed by atoms with Crippen molar-refractivity contribution in [3.63, 3.8) is 0 Å². The summed E-state index contributed by atoms with van der Waals surface area (Å²) in [6, 6.07) is 8.99. The number of anilines is 1. The van der Waals surface area contributed by atoms with E-state index in [4.69, 9.17) is 0 Å². The molecule has 0 saturated heterocycles. The maximum atomic E-state index is 13.6. The number of fused-ring (bicyclic) bond motifs is 2. The molecule has 0 atom stereocenters. The molecule has 0 aliphatic carbocycles. The SMILES string of the molecule is CC(C)C(=O)CCCN(C)S(=O)(=O)c1ccc2c(c1)C(C)(C)C(/C=C/C=C/C=C/C=C1/N(CCCS(=O)(=O)O)c3ccc(S(=O)(=O)O)cc3C1(C)C)=[N+]2CCCS(=O)(=O)[O-]. The molecule has 0 unspecified atom stereocenters. The van der Waals surface area contributed by atoms with Gasteiger partial charge in [-0.2, -0.15) is 21.4 Å². The summed E-state index contributed by atoms with van der Waals surface area (Å²) >= 11 is 0. The van der Waals surface area contributed by atoms with Crippen LogP contribution in [0, 0.1) is 5.92 Å². The Balaban J connectivity index is 1.61. The van der Waals surface area contributed by atoms with E-state index in [9.17, 15) is 52.1 Å². The topological polar surface area (TPSA) is 227 Å². The van der Waals surface area contributed by atoms with E-state index in [1.54, 1.807) is 68.5 Å². The first-order chi connectivity index (χ1) is 27.6. The van der Waals surface area contributed by atoms with E-state index in [1.165, 1.54) is 29.6 Å². The minimum absolute atomic E-state index is 0.0357. The fraction of sp³-hybridized carbons (Fsp3) is 0.463. The summed E-state index contributed by atoms with van der Waals surface area (Å²) in [5.74, 6) is -1.13. The highest BCUT2D eigenvalue weighted by Crippen LogP contribution is 2.48. The number of hydrogen-bond donors (Lipinski definition) is 2. The number of allylic oxidation sites excluding steroid dienone is 8. The minimum atomic E-state index is -4.49. The molecule has 0 aromatic heterocycles. The van der Waals surface area contributed by atoms with Crippen LogP contribution in [0.25, 0.3) is 0 Å². The van der Waals surface area contributed by atoms with Crippen LogP contribution in [0.4, 0.5) is 11.4 Å². The number of Topliss-reactive ketones (excluding diaryl/α,β-unsaturated/α-hetero) is 1. The molecule has 2 N–H and O–H groups in total. The van der Waals surface area contributed by atoms with Gasteiger partial charge in [0.25, 0.3) is 20.2 Å². The van der Waals surface area contributed by atoms with Crippen molar-refractivity contribution >= 4 is 63.2 Å². The van der Waals surface area contributed by atoms with Gasteiger partial charge in [-0.15, -0.1) is 0 Å². The fourth-order valence-electron chi connectivity index (χ4n) is 7.47. The third-order valence-corrected chi connectivity index (χ3v) is 15.1. The maximum Gasteiger partial charge on any atom is 0.294 e. The molecule has 0 spiro atoms. The lowest BCUT2D eigenvalue weighted by molar-refractivity contribution is -0.437. The van der Waals surface area contributed by atoms with Crippen LogP contribution in [0.1, 0.15) is 78.4 Å². The molecular formula is C41H55N3O12S4. The Hall–Kier alpha value is -3.82. The molecule has 19 heteroatoms. The lowest BCUT2D eigenvalue weighted by Crippen LogP contribution is -2.30. The summed E-state index contributed by atoms with van der Waals surface area (Å²) in [7, 11) is -15.6. The lowest BCUT2D eigenvalue weighted by atomic mass is 9.81. The predicted molar refractivity (Wildman–Crippen MR) is 231 cm³/mol. The van der Waals surface area contributed by atoms with Crippen molar-refractivity contribution in [2.75, 3.05) is 43.1 Å². The number of carbonyl (C=O) groups is 1. The van der Waals surface area contributed by atoms with Crippen LogP contribution in [0.2, 0.25) is 0 Å². The van der Waals surface area contributed by atoms with Gasteiger partial charge in [0.05, 0.1) is 31.1 Å². The highest BCUT2D eigenvalue weighted by molar-refractivity contribution is 7.89. The Bertz CT molecular complexity index is 2590. The van der Waals surface area contributed by atoms with E-state index >= 15 is 0 Å². The van der Waals surface area contributed by atoms with Gasteiger partial charge >= 0.3 is 0 Å². The summed E-state index contributed by atoms with van der Waals surface area (Å²) in [4.78, 5) is 13.7. The van der Waals surface area contributed by atoms with Crippen LogP contribution in [-0.4, -0.2) is 106 Å². The monoisotopic (exact) mass is 909 g/mol. The second-order valence-corrected chi connectivity index (χ2v) is 22.8.